The van der Waals surface area contributed by atoms with E-state index in [1.807, 2.05) is 30.3 Å². The lowest BCUT2D eigenvalue weighted by Gasteiger charge is -2.17. The maximum atomic E-state index is 6.23. The highest BCUT2D eigenvalue weighted by atomic mass is 79.9. The zero-order valence-corrected chi connectivity index (χ0v) is 13.8. The first-order valence-corrected chi connectivity index (χ1v) is 7.58. The normalized spacial score (nSPS) is 12.4. The second kappa shape index (κ2) is 6.81. The van der Waals surface area contributed by atoms with E-state index in [4.69, 9.17) is 17.4 Å². The van der Waals surface area contributed by atoms with Crippen molar-refractivity contribution in [3.8, 4) is 0 Å². The van der Waals surface area contributed by atoms with Gasteiger partial charge in [-0.1, -0.05) is 33.6 Å². The summed E-state index contributed by atoms with van der Waals surface area (Å²) in [6.45, 7) is 0. The number of nitrogens with one attached hydrogen (secondary N) is 1. The molecular weight excluding hydrogens is 393 g/mol. The SMILES string of the molecule is NNC(Cc1ccc(Br)cc1Cl)c1ncccc1Br. The average molecular weight is 406 g/mol. The lowest BCUT2D eigenvalue weighted by Crippen LogP contribution is -2.30. The summed E-state index contributed by atoms with van der Waals surface area (Å²) in [7, 11) is 0. The molecule has 19 heavy (non-hydrogen) atoms. The Kier molecular flexibility index (Phi) is 5.36. The van der Waals surface area contributed by atoms with E-state index in [0.29, 0.717) is 11.4 Å². The van der Waals surface area contributed by atoms with Crippen molar-refractivity contribution < 1.29 is 0 Å². The highest BCUT2D eigenvalue weighted by Crippen LogP contribution is 2.28. The molecule has 1 atom stereocenters. The Labute approximate surface area is 133 Å². The van der Waals surface area contributed by atoms with Crippen molar-refractivity contribution in [1.82, 2.24) is 10.4 Å². The third-order valence-electron chi connectivity index (χ3n) is 2.76. The minimum atomic E-state index is -0.103. The molecule has 0 saturated heterocycles. The van der Waals surface area contributed by atoms with Crippen LogP contribution in [0.25, 0.3) is 0 Å². The second-order valence-electron chi connectivity index (χ2n) is 4.03. The Morgan fingerprint density at radius 3 is 2.74 bits per heavy atom. The van der Waals surface area contributed by atoms with Crippen LogP contribution in [-0.2, 0) is 6.42 Å². The standard InChI is InChI=1S/C13H12Br2ClN3/c14-9-4-3-8(11(16)7-9)6-12(19-17)13-10(15)2-1-5-18-13/h1-5,7,12,19H,6,17H2. The van der Waals surface area contributed by atoms with Gasteiger partial charge in [0.25, 0.3) is 0 Å². The van der Waals surface area contributed by atoms with Crippen LogP contribution in [0.1, 0.15) is 17.3 Å². The van der Waals surface area contributed by atoms with Crippen LogP contribution in [-0.4, -0.2) is 4.98 Å². The quantitative estimate of drug-likeness (QED) is 0.597. The van der Waals surface area contributed by atoms with Crippen molar-refractivity contribution >= 4 is 43.5 Å². The van der Waals surface area contributed by atoms with Gasteiger partial charge in [0.2, 0.25) is 0 Å². The van der Waals surface area contributed by atoms with Gasteiger partial charge in [0.05, 0.1) is 11.7 Å². The van der Waals surface area contributed by atoms with Crippen molar-refractivity contribution in [3.63, 3.8) is 0 Å². The predicted molar refractivity (Wildman–Crippen MR) is 84.9 cm³/mol. The van der Waals surface area contributed by atoms with Gasteiger partial charge in [-0.2, -0.15) is 0 Å². The maximum Gasteiger partial charge on any atom is 0.0731 e. The Balaban J connectivity index is 2.27. The third-order valence-corrected chi connectivity index (χ3v) is 4.27. The molecule has 0 radical (unpaired) electrons. The van der Waals surface area contributed by atoms with Crippen LogP contribution < -0.4 is 11.3 Å². The summed E-state index contributed by atoms with van der Waals surface area (Å²) >= 11 is 13.1. The third kappa shape index (κ3) is 3.77. The van der Waals surface area contributed by atoms with Gasteiger partial charge in [-0.15, -0.1) is 0 Å². The largest absolute Gasteiger partial charge is 0.271 e. The number of nitrogens with zero attached hydrogens (tertiary/aromatic N) is 1. The monoisotopic (exact) mass is 403 g/mol. The Morgan fingerprint density at radius 1 is 1.32 bits per heavy atom. The van der Waals surface area contributed by atoms with E-state index in [1.54, 1.807) is 6.20 Å². The van der Waals surface area contributed by atoms with E-state index < -0.39 is 0 Å². The molecule has 2 rings (SSSR count). The molecule has 0 amide bonds. The smallest absolute Gasteiger partial charge is 0.0731 e. The minimum Gasteiger partial charge on any atom is -0.271 e. The summed E-state index contributed by atoms with van der Waals surface area (Å²) in [4.78, 5) is 4.35. The summed E-state index contributed by atoms with van der Waals surface area (Å²) in [5.41, 5.74) is 4.67. The van der Waals surface area contributed by atoms with Gasteiger partial charge in [-0.05, 0) is 52.2 Å². The first kappa shape index (κ1) is 14.9. The molecule has 0 aliphatic carbocycles. The van der Waals surface area contributed by atoms with Crippen molar-refractivity contribution in [3.05, 3.63) is 61.8 Å². The Hall–Kier alpha value is -0.460. The van der Waals surface area contributed by atoms with Gasteiger partial charge < -0.3 is 0 Å². The lowest BCUT2D eigenvalue weighted by molar-refractivity contribution is 0.536. The van der Waals surface area contributed by atoms with Crippen LogP contribution in [0, 0.1) is 0 Å². The molecule has 0 bridgehead atoms. The van der Waals surface area contributed by atoms with Crippen molar-refractivity contribution in [1.29, 1.82) is 0 Å². The van der Waals surface area contributed by atoms with E-state index in [0.717, 1.165) is 20.2 Å². The number of nitrogens with two attached hydrogens (primary N) is 1. The molecule has 1 unspecified atom stereocenters. The zero-order valence-electron chi connectivity index (χ0n) is 9.91. The number of aromatic nitrogens is 1. The van der Waals surface area contributed by atoms with Gasteiger partial charge >= 0.3 is 0 Å². The van der Waals surface area contributed by atoms with Crippen molar-refractivity contribution in [2.45, 2.75) is 12.5 Å². The average Bonchev–Trinajstić information content (AvgIpc) is 2.39. The van der Waals surface area contributed by atoms with Crippen LogP contribution >= 0.6 is 43.5 Å². The van der Waals surface area contributed by atoms with Crippen molar-refractivity contribution in [2.24, 2.45) is 5.84 Å². The van der Waals surface area contributed by atoms with Gasteiger partial charge in [0.15, 0.2) is 0 Å². The molecule has 100 valence electrons. The van der Waals surface area contributed by atoms with E-state index in [9.17, 15) is 0 Å². The first-order valence-electron chi connectivity index (χ1n) is 5.62. The summed E-state index contributed by atoms with van der Waals surface area (Å²) < 4.78 is 1.88. The highest BCUT2D eigenvalue weighted by Gasteiger charge is 2.16. The number of benzene rings is 1. The van der Waals surface area contributed by atoms with Crippen LogP contribution in [0.5, 0.6) is 0 Å². The molecule has 1 heterocycles. The van der Waals surface area contributed by atoms with E-state index >= 15 is 0 Å². The fraction of sp³-hybridized carbons (Fsp3) is 0.154. The van der Waals surface area contributed by atoms with Gasteiger partial charge in [0, 0.05) is 20.2 Å². The molecule has 1 aromatic carbocycles. The molecule has 0 saturated carbocycles. The first-order chi connectivity index (χ1) is 9.11. The fourth-order valence-corrected chi connectivity index (χ4v) is 3.08. The van der Waals surface area contributed by atoms with E-state index in [2.05, 4.69) is 42.3 Å². The molecule has 3 nitrogen and oxygen atoms in total. The highest BCUT2D eigenvalue weighted by molar-refractivity contribution is 9.10. The molecule has 0 fully saturated rings. The predicted octanol–water partition coefficient (Wildman–Crippen LogP) is 4.01. The molecular formula is C13H12Br2ClN3. The van der Waals surface area contributed by atoms with Gasteiger partial charge in [-0.3, -0.25) is 16.3 Å². The van der Waals surface area contributed by atoms with E-state index in [-0.39, 0.29) is 6.04 Å². The Morgan fingerprint density at radius 2 is 2.11 bits per heavy atom. The minimum absolute atomic E-state index is 0.103. The molecule has 6 heteroatoms. The number of hydrogen-bond acceptors (Lipinski definition) is 3. The second-order valence-corrected chi connectivity index (χ2v) is 6.21. The maximum absolute atomic E-state index is 6.23. The zero-order chi connectivity index (χ0) is 13.8. The van der Waals surface area contributed by atoms with Crippen LogP contribution in [0.4, 0.5) is 0 Å². The summed E-state index contributed by atoms with van der Waals surface area (Å²) in [5.74, 6) is 5.64. The number of halogens is 3. The molecule has 0 aliphatic rings. The summed E-state index contributed by atoms with van der Waals surface area (Å²) in [5, 5.41) is 0.710. The molecule has 0 aliphatic heterocycles. The topological polar surface area (TPSA) is 50.9 Å². The van der Waals surface area contributed by atoms with Gasteiger partial charge in [0.1, 0.15) is 0 Å². The molecule has 3 N–H and O–H groups in total. The van der Waals surface area contributed by atoms with Crippen LogP contribution in [0.3, 0.4) is 0 Å². The number of hydrazine groups is 1. The molecule has 0 spiro atoms. The number of pyridine rings is 1. The summed E-state index contributed by atoms with van der Waals surface area (Å²) in [6, 6.07) is 9.52. The van der Waals surface area contributed by atoms with Crippen LogP contribution in [0.2, 0.25) is 5.02 Å². The summed E-state index contributed by atoms with van der Waals surface area (Å²) in [6.07, 6.45) is 2.41. The van der Waals surface area contributed by atoms with Crippen LogP contribution in [0.15, 0.2) is 45.5 Å². The van der Waals surface area contributed by atoms with Crippen molar-refractivity contribution in [2.75, 3.05) is 0 Å². The van der Waals surface area contributed by atoms with Gasteiger partial charge in [-0.25, -0.2) is 0 Å². The number of rotatable bonds is 4. The lowest BCUT2D eigenvalue weighted by atomic mass is 10.0. The van der Waals surface area contributed by atoms with E-state index in [1.165, 1.54) is 0 Å². The fourth-order valence-electron chi connectivity index (χ4n) is 1.80. The Bertz CT molecular complexity index is 578. The molecule has 1 aromatic heterocycles. The number of hydrogen-bond donors (Lipinski definition) is 2. The molecule has 2 aromatic rings.